The summed E-state index contributed by atoms with van der Waals surface area (Å²) in [5.74, 6) is 0.125. The summed E-state index contributed by atoms with van der Waals surface area (Å²) in [6.45, 7) is 1.97. The van der Waals surface area contributed by atoms with Gasteiger partial charge in [-0.25, -0.2) is 8.42 Å². The lowest BCUT2D eigenvalue weighted by atomic mass is 10.0. The fourth-order valence-corrected chi connectivity index (χ4v) is 5.23. The van der Waals surface area contributed by atoms with Gasteiger partial charge in [-0.15, -0.1) is 0 Å². The molecule has 0 unspecified atom stereocenters. The number of nitrogens with one attached hydrogen (secondary N) is 2. The number of hydrogen-bond acceptors (Lipinski definition) is 7. The second-order valence-corrected chi connectivity index (χ2v) is 9.60. The molecule has 0 aliphatic carbocycles. The second kappa shape index (κ2) is 9.79. The number of sulfonamides is 1. The molecule has 184 valence electrons. The van der Waals surface area contributed by atoms with E-state index in [2.05, 4.69) is 15.1 Å². The minimum Gasteiger partial charge on any atom is -0.495 e. The largest absolute Gasteiger partial charge is 0.495 e. The van der Waals surface area contributed by atoms with Crippen molar-refractivity contribution in [1.29, 1.82) is 0 Å². The number of rotatable bonds is 8. The molecule has 0 saturated carbocycles. The predicted molar refractivity (Wildman–Crippen MR) is 131 cm³/mol. The maximum atomic E-state index is 13.4. The number of ether oxygens (including phenoxy) is 2. The Labute approximate surface area is 203 Å². The van der Waals surface area contributed by atoms with E-state index in [1.807, 2.05) is 6.92 Å². The highest BCUT2D eigenvalue weighted by atomic mass is 32.2. The highest BCUT2D eigenvalue weighted by Gasteiger charge is 2.29. The molecule has 10 nitrogen and oxygen atoms in total. The third kappa shape index (κ3) is 4.72. The third-order valence-corrected chi connectivity index (χ3v) is 6.98. The average molecular weight is 499 g/mol. The maximum absolute atomic E-state index is 13.4. The highest BCUT2D eigenvalue weighted by Crippen LogP contribution is 2.38. The van der Waals surface area contributed by atoms with Crippen LogP contribution in [-0.4, -0.2) is 44.2 Å². The fraction of sp³-hybridized carbons (Fsp3) is 0.292. The number of anilines is 2. The molecule has 2 heterocycles. The van der Waals surface area contributed by atoms with Crippen molar-refractivity contribution < 1.29 is 27.5 Å². The first-order chi connectivity index (χ1) is 16.8. The number of aromatic nitrogens is 2. The molecule has 2 N–H and O–H groups in total. The van der Waals surface area contributed by atoms with Crippen LogP contribution in [0.4, 0.5) is 11.5 Å². The Kier molecular flexibility index (Phi) is 6.79. The van der Waals surface area contributed by atoms with E-state index >= 15 is 0 Å². The monoisotopic (exact) mass is 498 g/mol. The van der Waals surface area contributed by atoms with Gasteiger partial charge in [0, 0.05) is 18.4 Å². The summed E-state index contributed by atoms with van der Waals surface area (Å²) in [5, 5.41) is 7.22. The molecule has 0 bridgehead atoms. The fourth-order valence-electron chi connectivity index (χ4n) is 3.97. The van der Waals surface area contributed by atoms with Crippen LogP contribution in [0.3, 0.4) is 0 Å². The van der Waals surface area contributed by atoms with Gasteiger partial charge in [-0.3, -0.25) is 14.3 Å². The number of hydrogen-bond donors (Lipinski definition) is 2. The average Bonchev–Trinajstić information content (AvgIpc) is 3.13. The van der Waals surface area contributed by atoms with Gasteiger partial charge in [0.15, 0.2) is 0 Å². The summed E-state index contributed by atoms with van der Waals surface area (Å²) < 4.78 is 41.2. The van der Waals surface area contributed by atoms with Crippen molar-refractivity contribution in [1.82, 2.24) is 9.78 Å². The first-order valence-corrected chi connectivity index (χ1v) is 12.6. The number of carbonyl (C=O) groups excluding carboxylic acids is 2. The zero-order valence-corrected chi connectivity index (χ0v) is 20.4. The molecule has 2 aromatic carbocycles. The molecular weight excluding hydrogens is 472 g/mol. The van der Waals surface area contributed by atoms with E-state index in [9.17, 15) is 18.0 Å². The quantitative estimate of drug-likeness (QED) is 0.485. The second-order valence-electron chi connectivity index (χ2n) is 7.95. The van der Waals surface area contributed by atoms with Crippen LogP contribution in [0.2, 0.25) is 0 Å². The van der Waals surface area contributed by atoms with Crippen molar-refractivity contribution in [2.75, 3.05) is 24.3 Å². The van der Waals surface area contributed by atoms with Crippen LogP contribution >= 0.6 is 0 Å². The number of methoxy groups -OCH3 is 2. The Morgan fingerprint density at radius 1 is 1.06 bits per heavy atom. The molecule has 1 aliphatic rings. The molecule has 0 radical (unpaired) electrons. The van der Waals surface area contributed by atoms with E-state index in [-0.39, 0.29) is 46.8 Å². The number of benzene rings is 2. The SMILES string of the molecule is CCCc1nn2c(c1-c1ccc(OC)c(S(=O)(=O)Nc3ccccc3OC)c1)NC(=O)CCC2=O. The Balaban J connectivity index is 1.87. The summed E-state index contributed by atoms with van der Waals surface area (Å²) >= 11 is 0. The van der Waals surface area contributed by atoms with Gasteiger partial charge in [0.05, 0.1) is 25.6 Å². The summed E-state index contributed by atoms with van der Waals surface area (Å²) in [5.41, 5.74) is 1.84. The van der Waals surface area contributed by atoms with Crippen molar-refractivity contribution in [3.63, 3.8) is 0 Å². The molecule has 1 aromatic heterocycles. The molecule has 0 atom stereocenters. The first kappa shape index (κ1) is 24.3. The molecule has 4 rings (SSSR count). The normalized spacial score (nSPS) is 13.6. The van der Waals surface area contributed by atoms with Gasteiger partial charge in [0.2, 0.25) is 11.8 Å². The zero-order chi connectivity index (χ0) is 25.2. The van der Waals surface area contributed by atoms with Crippen molar-refractivity contribution >= 4 is 33.3 Å². The number of nitrogens with zero attached hydrogens (tertiary/aromatic N) is 2. The lowest BCUT2D eigenvalue weighted by molar-refractivity contribution is -0.116. The van der Waals surface area contributed by atoms with E-state index in [0.717, 1.165) is 6.42 Å². The number of aryl methyl sites for hydroxylation is 1. The molecule has 1 aliphatic heterocycles. The molecule has 11 heteroatoms. The third-order valence-electron chi connectivity index (χ3n) is 5.60. The lowest BCUT2D eigenvalue weighted by Crippen LogP contribution is -2.15. The number of carbonyl (C=O) groups is 2. The summed E-state index contributed by atoms with van der Waals surface area (Å²) in [6.07, 6.45) is 1.36. The van der Waals surface area contributed by atoms with Crippen LogP contribution in [-0.2, 0) is 21.2 Å². The van der Waals surface area contributed by atoms with E-state index < -0.39 is 10.0 Å². The van der Waals surface area contributed by atoms with Gasteiger partial charge >= 0.3 is 0 Å². The van der Waals surface area contributed by atoms with Gasteiger partial charge in [0.1, 0.15) is 22.2 Å². The van der Waals surface area contributed by atoms with E-state index in [0.29, 0.717) is 29.0 Å². The van der Waals surface area contributed by atoms with Crippen molar-refractivity contribution in [2.24, 2.45) is 0 Å². The molecule has 0 saturated heterocycles. The Hall–Kier alpha value is -3.86. The Bertz CT molecular complexity index is 1400. The first-order valence-electron chi connectivity index (χ1n) is 11.1. The molecule has 3 aromatic rings. The topological polar surface area (TPSA) is 129 Å². The molecule has 0 fully saturated rings. The highest BCUT2D eigenvalue weighted by molar-refractivity contribution is 7.92. The number of amides is 1. The smallest absolute Gasteiger partial charge is 0.265 e. The van der Waals surface area contributed by atoms with Gasteiger partial charge in [-0.05, 0) is 36.2 Å². The van der Waals surface area contributed by atoms with E-state index in [1.165, 1.54) is 31.0 Å². The molecular formula is C24H26N4O6S. The van der Waals surface area contributed by atoms with Crippen LogP contribution < -0.4 is 19.5 Å². The van der Waals surface area contributed by atoms with Gasteiger partial charge in [0.25, 0.3) is 10.0 Å². The minimum atomic E-state index is -4.11. The van der Waals surface area contributed by atoms with E-state index in [1.54, 1.807) is 30.3 Å². The molecule has 0 spiro atoms. The summed E-state index contributed by atoms with van der Waals surface area (Å²) in [7, 11) is -1.29. The zero-order valence-electron chi connectivity index (χ0n) is 19.6. The van der Waals surface area contributed by atoms with Crippen LogP contribution in [0.1, 0.15) is 36.7 Å². The Morgan fingerprint density at radius 2 is 1.80 bits per heavy atom. The minimum absolute atomic E-state index is 0.0383. The van der Waals surface area contributed by atoms with Gasteiger partial charge in [-0.1, -0.05) is 31.5 Å². The summed E-state index contributed by atoms with van der Waals surface area (Å²) in [6, 6.07) is 11.3. The number of para-hydroxylation sites is 2. The van der Waals surface area contributed by atoms with Crippen molar-refractivity contribution in [3.05, 3.63) is 48.2 Å². The van der Waals surface area contributed by atoms with Crippen LogP contribution in [0.25, 0.3) is 11.1 Å². The van der Waals surface area contributed by atoms with Crippen molar-refractivity contribution in [3.8, 4) is 22.6 Å². The predicted octanol–water partition coefficient (Wildman–Crippen LogP) is 3.69. The van der Waals surface area contributed by atoms with Crippen molar-refractivity contribution in [2.45, 2.75) is 37.5 Å². The maximum Gasteiger partial charge on any atom is 0.265 e. The molecule has 35 heavy (non-hydrogen) atoms. The standard InChI is InChI=1S/C24H26N4O6S/c1-4-7-17-23(24-25-21(29)12-13-22(30)28(24)26-17)15-10-11-19(34-3)20(14-15)35(31,32)27-16-8-5-6-9-18(16)33-2/h5-6,8-11,14,27H,4,7,12-13H2,1-3H3,(H,25,29). The lowest BCUT2D eigenvalue weighted by Gasteiger charge is -2.15. The molecule has 1 amide bonds. The Morgan fingerprint density at radius 3 is 2.51 bits per heavy atom. The van der Waals surface area contributed by atoms with Gasteiger partial charge < -0.3 is 14.8 Å². The van der Waals surface area contributed by atoms with Crippen LogP contribution in [0, 0.1) is 0 Å². The van der Waals surface area contributed by atoms with Crippen LogP contribution in [0.5, 0.6) is 11.5 Å². The number of fused-ring (bicyclic) bond motifs is 1. The van der Waals surface area contributed by atoms with Crippen LogP contribution in [0.15, 0.2) is 47.4 Å². The van der Waals surface area contributed by atoms with E-state index in [4.69, 9.17) is 9.47 Å². The summed E-state index contributed by atoms with van der Waals surface area (Å²) in [4.78, 5) is 24.8. The van der Waals surface area contributed by atoms with Gasteiger partial charge in [-0.2, -0.15) is 9.78 Å².